The Bertz CT molecular complexity index is 2820. The SMILES string of the molecule is CCCC(=O)N1CCc2cc(S(=O)(=O)N3CCN(c4cc(Cl)cc(Cl)c4)CC3)ccc21.O=C(Nc1ccc(F)cc1)N1CCc2cc(S(=O)(=O)N3CCN(c4cccc(Cl)c4)CC3)ccc21. The number of benzene rings is 5. The van der Waals surface area contributed by atoms with Crippen molar-refractivity contribution in [2.24, 2.45) is 0 Å². The van der Waals surface area contributed by atoms with Crippen LogP contribution in [0, 0.1) is 5.82 Å². The first kappa shape index (κ1) is 47.5. The van der Waals surface area contributed by atoms with Gasteiger partial charge in [0.2, 0.25) is 26.0 Å². The van der Waals surface area contributed by atoms with E-state index in [0.29, 0.717) is 111 Å². The minimum absolute atomic E-state index is 0.0918. The average molecular weight is 997 g/mol. The fraction of sp³-hybridized carbons (Fsp3) is 0.319. The van der Waals surface area contributed by atoms with Crippen molar-refractivity contribution >= 4 is 95.2 Å². The van der Waals surface area contributed by atoms with E-state index in [-0.39, 0.29) is 27.5 Å². The standard InChI is InChI=1S/C25H24ClFN4O3S.C22H25Cl2N3O3S/c26-19-2-1-3-22(17-19)29-12-14-30(15-13-29)35(33,34)23-8-9-24-18(16-23)10-11-31(24)25(32)28-21-6-4-20(27)5-7-21;1-2-3-22(28)27-7-6-16-12-20(4-5-21(16)27)31(29,30)26-10-8-25(9-11-26)19-14-17(23)13-18(24)15-19/h1-9,16-17H,10-15H2,(H,28,32);4-5,12-15H,2-3,6-11H2,1H3. The highest BCUT2D eigenvalue weighted by Gasteiger charge is 2.33. The zero-order valence-corrected chi connectivity index (χ0v) is 40.1. The van der Waals surface area contributed by atoms with Gasteiger partial charge in [-0.2, -0.15) is 8.61 Å². The van der Waals surface area contributed by atoms with Crippen LogP contribution in [0.2, 0.25) is 15.1 Å². The molecule has 0 bridgehead atoms. The third-order valence-corrected chi connectivity index (χ3v) is 16.6. The van der Waals surface area contributed by atoms with Gasteiger partial charge in [-0.15, -0.1) is 0 Å². The van der Waals surface area contributed by atoms with E-state index in [4.69, 9.17) is 34.8 Å². The highest BCUT2D eigenvalue weighted by molar-refractivity contribution is 7.89. The van der Waals surface area contributed by atoms with Crippen LogP contribution in [-0.2, 0) is 37.7 Å². The van der Waals surface area contributed by atoms with E-state index in [1.807, 2.05) is 43.3 Å². The molecule has 4 aliphatic heterocycles. The topological polar surface area (TPSA) is 134 Å². The molecule has 2 saturated heterocycles. The molecule has 9 rings (SSSR count). The molecule has 0 atom stereocenters. The number of halogens is 4. The molecule has 348 valence electrons. The summed E-state index contributed by atoms with van der Waals surface area (Å²) >= 11 is 18.3. The summed E-state index contributed by atoms with van der Waals surface area (Å²) in [5, 5.41) is 4.51. The largest absolute Gasteiger partial charge is 0.369 e. The maximum Gasteiger partial charge on any atom is 0.326 e. The maximum absolute atomic E-state index is 13.3. The molecule has 4 aliphatic rings. The Morgan fingerprint density at radius 3 is 1.61 bits per heavy atom. The van der Waals surface area contributed by atoms with E-state index in [2.05, 4.69) is 15.1 Å². The Hall–Kier alpha value is -4.94. The first-order chi connectivity index (χ1) is 31.6. The molecule has 0 aliphatic carbocycles. The number of fused-ring (bicyclic) bond motifs is 2. The van der Waals surface area contributed by atoms with Crippen molar-refractivity contribution < 1.29 is 30.8 Å². The van der Waals surface area contributed by atoms with Crippen LogP contribution < -0.4 is 24.9 Å². The summed E-state index contributed by atoms with van der Waals surface area (Å²) in [6.07, 6.45) is 2.53. The number of nitrogens with one attached hydrogen (secondary N) is 1. The molecule has 1 N–H and O–H groups in total. The smallest absolute Gasteiger partial charge is 0.326 e. The highest BCUT2D eigenvalue weighted by Crippen LogP contribution is 2.35. The van der Waals surface area contributed by atoms with Gasteiger partial charge in [0.05, 0.1) is 9.79 Å². The zero-order chi connectivity index (χ0) is 46.8. The van der Waals surface area contributed by atoms with Crippen LogP contribution in [0.15, 0.2) is 113 Å². The van der Waals surface area contributed by atoms with Crippen molar-refractivity contribution in [1.29, 1.82) is 0 Å². The number of carbonyl (C=O) groups is 2. The second-order valence-corrected chi connectivity index (χ2v) is 21.5. The van der Waals surface area contributed by atoms with E-state index in [9.17, 15) is 30.8 Å². The number of nitrogens with zero attached hydrogens (tertiary/aromatic N) is 6. The Kier molecular flexibility index (Phi) is 14.5. The second-order valence-electron chi connectivity index (χ2n) is 16.4. The molecule has 5 aromatic rings. The molecule has 5 aromatic carbocycles. The lowest BCUT2D eigenvalue weighted by Crippen LogP contribution is -2.48. The van der Waals surface area contributed by atoms with Gasteiger partial charge in [0.25, 0.3) is 0 Å². The lowest BCUT2D eigenvalue weighted by molar-refractivity contribution is -0.118. The van der Waals surface area contributed by atoms with Crippen molar-refractivity contribution in [3.63, 3.8) is 0 Å². The van der Waals surface area contributed by atoms with Gasteiger partial charge in [-0.3, -0.25) is 9.69 Å². The average Bonchev–Trinajstić information content (AvgIpc) is 3.94. The Morgan fingerprint density at radius 1 is 0.576 bits per heavy atom. The van der Waals surface area contributed by atoms with Gasteiger partial charge < -0.3 is 20.0 Å². The summed E-state index contributed by atoms with van der Waals surface area (Å²) in [5.41, 5.74) is 5.58. The Balaban J connectivity index is 0.000000181. The van der Waals surface area contributed by atoms with Crippen molar-refractivity contribution in [2.45, 2.75) is 42.4 Å². The number of hydrogen-bond donors (Lipinski definition) is 1. The number of carbonyl (C=O) groups excluding carboxylic acids is 2. The third kappa shape index (κ3) is 10.4. The molecule has 0 spiro atoms. The second kappa shape index (κ2) is 20.1. The summed E-state index contributed by atoms with van der Waals surface area (Å²) in [4.78, 5) is 33.1. The van der Waals surface area contributed by atoms with Gasteiger partial charge >= 0.3 is 6.03 Å². The third-order valence-electron chi connectivity index (χ3n) is 12.1. The van der Waals surface area contributed by atoms with Gasteiger partial charge in [0.1, 0.15) is 5.82 Å². The van der Waals surface area contributed by atoms with Crippen LogP contribution in [0.5, 0.6) is 0 Å². The van der Waals surface area contributed by atoms with Crippen LogP contribution >= 0.6 is 34.8 Å². The monoisotopic (exact) mass is 995 g/mol. The Labute approximate surface area is 400 Å². The molecule has 3 amide bonds. The summed E-state index contributed by atoms with van der Waals surface area (Å²) < 4.78 is 69.3. The number of anilines is 5. The molecule has 0 unspecified atom stereocenters. The number of hydrogen-bond acceptors (Lipinski definition) is 8. The molecule has 4 heterocycles. The first-order valence-electron chi connectivity index (χ1n) is 21.7. The van der Waals surface area contributed by atoms with Crippen molar-refractivity contribution in [1.82, 2.24) is 8.61 Å². The molecular weight excluding hydrogens is 948 g/mol. The number of rotatable bonds is 9. The first-order valence-corrected chi connectivity index (χ1v) is 25.7. The highest BCUT2D eigenvalue weighted by atomic mass is 35.5. The lowest BCUT2D eigenvalue weighted by atomic mass is 10.2. The van der Waals surface area contributed by atoms with E-state index < -0.39 is 20.0 Å². The van der Waals surface area contributed by atoms with Gasteiger partial charge in [-0.25, -0.2) is 26.0 Å². The van der Waals surface area contributed by atoms with Crippen molar-refractivity contribution in [2.75, 3.05) is 90.4 Å². The minimum atomic E-state index is -3.66. The van der Waals surface area contributed by atoms with Crippen LogP contribution in [0.25, 0.3) is 0 Å². The van der Waals surface area contributed by atoms with Gasteiger partial charge in [0, 0.05) is 115 Å². The zero-order valence-electron chi connectivity index (χ0n) is 36.2. The molecule has 0 radical (unpaired) electrons. The summed E-state index contributed by atoms with van der Waals surface area (Å²) in [5.74, 6) is -0.289. The van der Waals surface area contributed by atoms with E-state index in [0.717, 1.165) is 34.6 Å². The number of sulfonamides is 2. The number of urea groups is 1. The van der Waals surface area contributed by atoms with Gasteiger partial charge in [-0.1, -0.05) is 47.8 Å². The normalized spacial score (nSPS) is 16.7. The number of amides is 3. The minimum Gasteiger partial charge on any atom is -0.369 e. The lowest BCUT2D eigenvalue weighted by Gasteiger charge is -2.35. The van der Waals surface area contributed by atoms with Gasteiger partial charge in [0.15, 0.2) is 0 Å². The van der Waals surface area contributed by atoms with E-state index in [1.165, 1.54) is 32.9 Å². The van der Waals surface area contributed by atoms with Crippen LogP contribution in [0.1, 0.15) is 30.9 Å². The molecule has 2 fully saturated rings. The fourth-order valence-corrected chi connectivity index (χ4v) is 12.3. The summed E-state index contributed by atoms with van der Waals surface area (Å²) in [6.45, 7) is 6.78. The van der Waals surface area contributed by atoms with Crippen molar-refractivity contribution in [3.05, 3.63) is 135 Å². The molecular formula is C47H49Cl3FN7O6S2. The van der Waals surface area contributed by atoms with Crippen LogP contribution in [0.3, 0.4) is 0 Å². The molecule has 0 saturated carbocycles. The van der Waals surface area contributed by atoms with E-state index >= 15 is 0 Å². The predicted molar refractivity (Wildman–Crippen MR) is 260 cm³/mol. The molecule has 66 heavy (non-hydrogen) atoms. The quantitative estimate of drug-likeness (QED) is 0.155. The Morgan fingerprint density at radius 2 is 1.08 bits per heavy atom. The summed E-state index contributed by atoms with van der Waals surface area (Å²) in [7, 11) is -7.26. The summed E-state index contributed by atoms with van der Waals surface area (Å²) in [6, 6.07) is 28.1. The maximum atomic E-state index is 13.3. The van der Waals surface area contributed by atoms with Crippen LogP contribution in [0.4, 0.5) is 37.6 Å². The van der Waals surface area contributed by atoms with E-state index in [1.54, 1.807) is 52.3 Å². The molecule has 13 nitrogen and oxygen atoms in total. The fourth-order valence-electron chi connectivity index (χ4n) is 8.69. The number of piperazine rings is 2. The molecule has 0 aromatic heterocycles. The van der Waals surface area contributed by atoms with Gasteiger partial charge in [-0.05, 0) is 127 Å². The van der Waals surface area contributed by atoms with Crippen LogP contribution in [-0.4, -0.2) is 103 Å². The predicted octanol–water partition coefficient (Wildman–Crippen LogP) is 8.78. The van der Waals surface area contributed by atoms with Crippen molar-refractivity contribution in [3.8, 4) is 0 Å². The molecule has 19 heteroatoms.